The fraction of sp³-hybridized carbons (Fsp3) is 0.632. The lowest BCUT2D eigenvalue weighted by atomic mass is 10.1. The summed E-state index contributed by atoms with van der Waals surface area (Å²) in [4.78, 5) is 6.99. The van der Waals surface area contributed by atoms with Gasteiger partial charge in [0.1, 0.15) is 12.4 Å². The number of hydrogen-bond acceptors (Lipinski definition) is 4. The molecule has 1 aromatic rings. The molecule has 1 aromatic carbocycles. The fourth-order valence-electron chi connectivity index (χ4n) is 2.85. The molecule has 7 heteroatoms. The van der Waals surface area contributed by atoms with Gasteiger partial charge in [-0.1, -0.05) is 17.7 Å². The molecule has 146 valence electrons. The number of benzene rings is 1. The first-order chi connectivity index (χ1) is 12.7. The van der Waals surface area contributed by atoms with Gasteiger partial charge in [-0.15, -0.1) is 0 Å². The molecule has 0 radical (unpaired) electrons. The summed E-state index contributed by atoms with van der Waals surface area (Å²) >= 11 is 5.96. The van der Waals surface area contributed by atoms with Crippen molar-refractivity contribution >= 4 is 17.6 Å². The topological polar surface area (TPSA) is 55.3 Å². The Labute approximate surface area is 161 Å². The van der Waals surface area contributed by atoms with Crippen LogP contribution in [0.4, 0.5) is 0 Å². The Morgan fingerprint density at radius 1 is 1.35 bits per heavy atom. The van der Waals surface area contributed by atoms with Crippen molar-refractivity contribution in [3.05, 3.63) is 29.3 Å². The van der Waals surface area contributed by atoms with Crippen molar-refractivity contribution in [2.75, 3.05) is 59.7 Å². The van der Waals surface area contributed by atoms with Crippen molar-refractivity contribution in [3.63, 3.8) is 0 Å². The minimum Gasteiger partial charge on any atom is -0.492 e. The van der Waals surface area contributed by atoms with Crippen LogP contribution in [0.3, 0.4) is 0 Å². The van der Waals surface area contributed by atoms with E-state index in [0.29, 0.717) is 37.3 Å². The Bertz CT molecular complexity index is 557. The van der Waals surface area contributed by atoms with Crippen LogP contribution in [0.25, 0.3) is 0 Å². The minimum absolute atomic E-state index is 0.520. The molecule has 0 aromatic heterocycles. The standard InChI is InChI=1S/C19H30ClN3O3/c1-3-21-19(22-8-10-26-18-6-4-5-17(20)13-18)23-9-7-16(14-23)15-25-12-11-24-2/h4-6,13,16H,3,7-12,14-15H2,1-2H3,(H,21,22). The van der Waals surface area contributed by atoms with Gasteiger partial charge in [-0.2, -0.15) is 0 Å². The van der Waals surface area contributed by atoms with Crippen LogP contribution in [0.2, 0.25) is 5.02 Å². The molecular formula is C19H30ClN3O3. The van der Waals surface area contributed by atoms with Gasteiger partial charge in [0.05, 0.1) is 26.4 Å². The van der Waals surface area contributed by atoms with Crippen LogP contribution in [0.15, 0.2) is 29.3 Å². The van der Waals surface area contributed by atoms with Gasteiger partial charge >= 0.3 is 0 Å². The molecule has 0 amide bonds. The third-order valence-corrected chi connectivity index (χ3v) is 4.36. The summed E-state index contributed by atoms with van der Waals surface area (Å²) in [6, 6.07) is 7.42. The Hall–Kier alpha value is -1.50. The van der Waals surface area contributed by atoms with Gasteiger partial charge in [-0.3, -0.25) is 0 Å². The zero-order valence-corrected chi connectivity index (χ0v) is 16.5. The molecule has 0 spiro atoms. The van der Waals surface area contributed by atoms with Gasteiger partial charge in [-0.05, 0) is 31.5 Å². The summed E-state index contributed by atoms with van der Waals surface area (Å²) in [5, 5.41) is 4.04. The molecule has 26 heavy (non-hydrogen) atoms. The maximum atomic E-state index is 5.96. The van der Waals surface area contributed by atoms with Crippen LogP contribution >= 0.6 is 11.6 Å². The molecule has 1 fully saturated rings. The van der Waals surface area contributed by atoms with Crippen LogP contribution in [-0.2, 0) is 9.47 Å². The Morgan fingerprint density at radius 2 is 2.23 bits per heavy atom. The Kier molecular flexibility index (Phi) is 9.60. The molecule has 0 bridgehead atoms. The molecule has 6 nitrogen and oxygen atoms in total. The Morgan fingerprint density at radius 3 is 3.00 bits per heavy atom. The number of rotatable bonds is 10. The van der Waals surface area contributed by atoms with Crippen LogP contribution in [-0.4, -0.2) is 70.6 Å². The molecule has 1 atom stereocenters. The van der Waals surface area contributed by atoms with Crippen LogP contribution in [0, 0.1) is 5.92 Å². The van der Waals surface area contributed by atoms with E-state index in [1.165, 1.54) is 0 Å². The van der Waals surface area contributed by atoms with Crippen LogP contribution in [0.5, 0.6) is 5.75 Å². The normalized spacial score (nSPS) is 17.6. The second-order valence-electron chi connectivity index (χ2n) is 6.21. The lowest BCUT2D eigenvalue weighted by Crippen LogP contribution is -2.40. The maximum Gasteiger partial charge on any atom is 0.194 e. The summed E-state index contributed by atoms with van der Waals surface area (Å²) in [7, 11) is 1.69. The van der Waals surface area contributed by atoms with E-state index in [0.717, 1.165) is 44.4 Å². The zero-order valence-electron chi connectivity index (χ0n) is 15.7. The minimum atomic E-state index is 0.520. The molecule has 1 N–H and O–H groups in total. The number of hydrogen-bond donors (Lipinski definition) is 1. The first-order valence-corrected chi connectivity index (χ1v) is 9.59. The average molecular weight is 384 g/mol. The van der Waals surface area contributed by atoms with Crippen molar-refractivity contribution in [3.8, 4) is 5.75 Å². The molecule has 2 rings (SSSR count). The largest absolute Gasteiger partial charge is 0.492 e. The molecule has 0 saturated carbocycles. The second kappa shape index (κ2) is 12.0. The van der Waals surface area contributed by atoms with E-state index in [1.807, 2.05) is 24.3 Å². The van der Waals surface area contributed by atoms with Gasteiger partial charge in [-0.25, -0.2) is 4.99 Å². The monoisotopic (exact) mass is 383 g/mol. The van der Waals surface area contributed by atoms with Gasteiger partial charge in [0.2, 0.25) is 0 Å². The number of likely N-dealkylation sites (tertiary alicyclic amines) is 1. The lowest BCUT2D eigenvalue weighted by Gasteiger charge is -2.21. The van der Waals surface area contributed by atoms with Crippen molar-refractivity contribution in [2.24, 2.45) is 10.9 Å². The predicted octanol–water partition coefficient (Wildman–Crippen LogP) is 2.67. The summed E-state index contributed by atoms with van der Waals surface area (Å²) in [6.45, 7) is 8.09. The fourth-order valence-corrected chi connectivity index (χ4v) is 3.03. The van der Waals surface area contributed by atoms with E-state index >= 15 is 0 Å². The smallest absolute Gasteiger partial charge is 0.194 e. The average Bonchev–Trinajstić information content (AvgIpc) is 3.10. The highest BCUT2D eigenvalue weighted by molar-refractivity contribution is 6.30. The molecule has 1 saturated heterocycles. The summed E-state index contributed by atoms with van der Waals surface area (Å²) in [6.07, 6.45) is 1.12. The van der Waals surface area contributed by atoms with Gasteiger partial charge in [0.15, 0.2) is 5.96 Å². The maximum absolute atomic E-state index is 5.96. The van der Waals surface area contributed by atoms with Crippen LogP contribution < -0.4 is 10.1 Å². The highest BCUT2D eigenvalue weighted by atomic mass is 35.5. The number of nitrogens with one attached hydrogen (secondary N) is 1. The van der Waals surface area contributed by atoms with E-state index < -0.39 is 0 Å². The Balaban J connectivity index is 1.75. The summed E-state index contributed by atoms with van der Waals surface area (Å²) in [5.41, 5.74) is 0. The molecule has 1 unspecified atom stereocenters. The number of nitrogens with zero attached hydrogens (tertiary/aromatic N) is 2. The first kappa shape index (κ1) is 20.8. The zero-order chi connectivity index (χ0) is 18.6. The highest BCUT2D eigenvalue weighted by Gasteiger charge is 2.24. The summed E-state index contributed by atoms with van der Waals surface area (Å²) < 4.78 is 16.4. The highest BCUT2D eigenvalue weighted by Crippen LogP contribution is 2.18. The van der Waals surface area contributed by atoms with Crippen molar-refractivity contribution in [1.29, 1.82) is 0 Å². The van der Waals surface area contributed by atoms with E-state index in [-0.39, 0.29) is 0 Å². The molecule has 1 aliphatic heterocycles. The third kappa shape index (κ3) is 7.40. The van der Waals surface area contributed by atoms with Crippen LogP contribution in [0.1, 0.15) is 13.3 Å². The third-order valence-electron chi connectivity index (χ3n) is 4.12. The number of halogens is 1. The second-order valence-corrected chi connectivity index (χ2v) is 6.65. The number of methoxy groups -OCH3 is 1. The SMILES string of the molecule is CCNC(=NCCOc1cccc(Cl)c1)N1CCC(COCCOC)C1. The number of guanidine groups is 1. The first-order valence-electron chi connectivity index (χ1n) is 9.21. The van der Waals surface area contributed by atoms with E-state index in [4.69, 9.17) is 25.8 Å². The van der Waals surface area contributed by atoms with Gasteiger partial charge in [0.25, 0.3) is 0 Å². The molecule has 1 aliphatic rings. The van der Waals surface area contributed by atoms with Gasteiger partial charge in [0, 0.05) is 37.7 Å². The van der Waals surface area contributed by atoms with Crippen molar-refractivity contribution in [1.82, 2.24) is 10.2 Å². The lowest BCUT2D eigenvalue weighted by molar-refractivity contribution is 0.0536. The van der Waals surface area contributed by atoms with E-state index in [9.17, 15) is 0 Å². The number of aliphatic imine (C=N–C) groups is 1. The summed E-state index contributed by atoms with van der Waals surface area (Å²) in [5.74, 6) is 2.26. The van der Waals surface area contributed by atoms with Gasteiger partial charge < -0.3 is 24.4 Å². The molecule has 0 aliphatic carbocycles. The number of ether oxygens (including phenoxy) is 3. The van der Waals surface area contributed by atoms with Crippen molar-refractivity contribution in [2.45, 2.75) is 13.3 Å². The van der Waals surface area contributed by atoms with E-state index in [1.54, 1.807) is 7.11 Å². The predicted molar refractivity (Wildman–Crippen MR) is 105 cm³/mol. The molecule has 1 heterocycles. The quantitative estimate of drug-likeness (QED) is 0.382. The molecular weight excluding hydrogens is 354 g/mol. The van der Waals surface area contributed by atoms with E-state index in [2.05, 4.69) is 22.1 Å². The van der Waals surface area contributed by atoms with Crippen molar-refractivity contribution < 1.29 is 14.2 Å².